The van der Waals surface area contributed by atoms with E-state index >= 15 is 0 Å². The molecule has 1 saturated heterocycles. The van der Waals surface area contributed by atoms with Gasteiger partial charge in [0.05, 0.1) is 23.0 Å². The topological polar surface area (TPSA) is 83.5 Å². The maximum absolute atomic E-state index is 12.7. The Labute approximate surface area is 141 Å². The predicted octanol–water partition coefficient (Wildman–Crippen LogP) is 1.19. The lowest BCUT2D eigenvalue weighted by Crippen LogP contribution is -2.48. The summed E-state index contributed by atoms with van der Waals surface area (Å²) >= 11 is 0. The summed E-state index contributed by atoms with van der Waals surface area (Å²) in [5.41, 5.74) is 1.44. The van der Waals surface area contributed by atoms with Gasteiger partial charge in [0.15, 0.2) is 5.78 Å². The molecule has 1 fully saturated rings. The average molecular weight is 346 g/mol. The van der Waals surface area contributed by atoms with E-state index in [0.29, 0.717) is 31.7 Å². The molecule has 8 heteroatoms. The molecule has 2 heterocycles. The van der Waals surface area contributed by atoms with Crippen LogP contribution in [0.15, 0.2) is 47.6 Å². The molecule has 0 amide bonds. The smallest absolute Gasteiger partial charge is 0.243 e. The van der Waals surface area contributed by atoms with Gasteiger partial charge in [-0.15, -0.1) is 0 Å². The number of carbonyl (C=O) groups excluding carboxylic acids is 1. The van der Waals surface area contributed by atoms with Crippen LogP contribution in [0.3, 0.4) is 0 Å². The van der Waals surface area contributed by atoms with E-state index in [0.717, 1.165) is 5.69 Å². The highest BCUT2D eigenvalue weighted by Crippen LogP contribution is 2.20. The molecule has 0 bridgehead atoms. The second-order valence-corrected chi connectivity index (χ2v) is 7.51. The van der Waals surface area contributed by atoms with Crippen LogP contribution in [0.2, 0.25) is 0 Å². The van der Waals surface area contributed by atoms with Crippen molar-refractivity contribution in [3.8, 4) is 0 Å². The highest BCUT2D eigenvalue weighted by Gasteiger charge is 2.28. The molecule has 0 atom stereocenters. The van der Waals surface area contributed by atoms with Crippen molar-refractivity contribution < 1.29 is 13.2 Å². The molecule has 0 unspecified atom stereocenters. The van der Waals surface area contributed by atoms with Crippen LogP contribution >= 0.6 is 0 Å². The number of aromatic nitrogens is 2. The number of hydrogen-bond acceptors (Lipinski definition) is 6. The third-order valence-corrected chi connectivity index (χ3v) is 5.98. The first kappa shape index (κ1) is 16.5. The molecular formula is C16H18N4O3S. The van der Waals surface area contributed by atoms with Gasteiger partial charge in [0.25, 0.3) is 0 Å². The molecule has 7 nitrogen and oxygen atoms in total. The first-order chi connectivity index (χ1) is 11.5. The van der Waals surface area contributed by atoms with Gasteiger partial charge in [0, 0.05) is 31.7 Å². The maximum atomic E-state index is 12.7. The van der Waals surface area contributed by atoms with E-state index in [2.05, 4.69) is 15.1 Å². The third-order valence-electron chi connectivity index (χ3n) is 4.07. The standard InChI is InChI=1S/C16H18N4O3S/c1-13(21)14-2-4-16(5-3-14)24(22,23)20-10-8-19(9-11-20)15-6-7-17-18-12-15/h2-7,12H,8-11H2,1H3. The van der Waals surface area contributed by atoms with Crippen LogP contribution in [0.5, 0.6) is 0 Å². The molecule has 24 heavy (non-hydrogen) atoms. The number of carbonyl (C=O) groups is 1. The Bertz CT molecular complexity index is 814. The predicted molar refractivity (Wildman–Crippen MR) is 89.5 cm³/mol. The van der Waals surface area contributed by atoms with Gasteiger partial charge < -0.3 is 4.90 Å². The summed E-state index contributed by atoms with van der Waals surface area (Å²) < 4.78 is 26.9. The molecule has 0 saturated carbocycles. The minimum Gasteiger partial charge on any atom is -0.368 e. The minimum atomic E-state index is -3.54. The zero-order valence-electron chi connectivity index (χ0n) is 13.3. The van der Waals surface area contributed by atoms with Gasteiger partial charge in [-0.3, -0.25) is 4.79 Å². The van der Waals surface area contributed by atoms with Crippen LogP contribution in [-0.2, 0) is 10.0 Å². The van der Waals surface area contributed by atoms with Gasteiger partial charge in [-0.2, -0.15) is 14.5 Å². The van der Waals surface area contributed by atoms with Gasteiger partial charge >= 0.3 is 0 Å². The third kappa shape index (κ3) is 3.29. The quantitative estimate of drug-likeness (QED) is 0.773. The molecule has 0 N–H and O–H groups in total. The van der Waals surface area contributed by atoms with E-state index in [9.17, 15) is 13.2 Å². The Balaban J connectivity index is 1.72. The summed E-state index contributed by atoms with van der Waals surface area (Å²) in [6.07, 6.45) is 3.29. The van der Waals surface area contributed by atoms with Crippen LogP contribution in [0.25, 0.3) is 0 Å². The lowest BCUT2D eigenvalue weighted by Gasteiger charge is -2.35. The highest BCUT2D eigenvalue weighted by atomic mass is 32.2. The van der Waals surface area contributed by atoms with Crippen molar-refractivity contribution in [3.05, 3.63) is 48.3 Å². The van der Waals surface area contributed by atoms with Crippen LogP contribution < -0.4 is 4.90 Å². The second kappa shape index (κ2) is 6.66. The highest BCUT2D eigenvalue weighted by molar-refractivity contribution is 7.89. The zero-order chi connectivity index (χ0) is 17.2. The summed E-state index contributed by atoms with van der Waals surface area (Å²) in [7, 11) is -3.54. The van der Waals surface area contributed by atoms with Crippen molar-refractivity contribution in [1.29, 1.82) is 0 Å². The Morgan fingerprint density at radius 1 is 1.00 bits per heavy atom. The number of ketones is 1. The van der Waals surface area contributed by atoms with Gasteiger partial charge in [-0.1, -0.05) is 12.1 Å². The first-order valence-corrected chi connectivity index (χ1v) is 9.05. The molecule has 0 spiro atoms. The normalized spacial score (nSPS) is 16.1. The molecule has 1 aliphatic rings. The SMILES string of the molecule is CC(=O)c1ccc(S(=O)(=O)N2CCN(c3ccnnc3)CC2)cc1. The van der Waals surface area contributed by atoms with E-state index in [1.54, 1.807) is 24.5 Å². The van der Waals surface area contributed by atoms with Gasteiger partial charge in [0.1, 0.15) is 0 Å². The summed E-state index contributed by atoms with van der Waals surface area (Å²) in [5.74, 6) is -0.0847. The number of anilines is 1. The summed E-state index contributed by atoms with van der Waals surface area (Å²) in [4.78, 5) is 13.6. The zero-order valence-corrected chi connectivity index (χ0v) is 14.1. The van der Waals surface area contributed by atoms with Gasteiger partial charge in [-0.05, 0) is 25.1 Å². The number of benzene rings is 1. The number of Topliss-reactive ketones (excluding diaryl/α,β-unsaturated/α-hetero) is 1. The van der Waals surface area contributed by atoms with Crippen molar-refractivity contribution in [2.45, 2.75) is 11.8 Å². The molecule has 1 aliphatic heterocycles. The van der Waals surface area contributed by atoms with Crippen molar-refractivity contribution in [3.63, 3.8) is 0 Å². The lowest BCUT2D eigenvalue weighted by atomic mass is 10.2. The molecule has 3 rings (SSSR count). The number of piperazine rings is 1. The van der Waals surface area contributed by atoms with Gasteiger partial charge in [-0.25, -0.2) is 8.42 Å². The van der Waals surface area contributed by atoms with Crippen LogP contribution in [0, 0.1) is 0 Å². The van der Waals surface area contributed by atoms with E-state index in [4.69, 9.17) is 0 Å². The largest absolute Gasteiger partial charge is 0.368 e. The molecule has 0 aliphatic carbocycles. The molecule has 2 aromatic rings. The Hall–Kier alpha value is -2.32. The summed E-state index contributed by atoms with van der Waals surface area (Å²) in [6.45, 7) is 3.45. The fourth-order valence-corrected chi connectivity index (χ4v) is 4.09. The fourth-order valence-electron chi connectivity index (χ4n) is 2.67. The van der Waals surface area contributed by atoms with Gasteiger partial charge in [0.2, 0.25) is 10.0 Å². The Kier molecular flexibility index (Phi) is 4.59. The molecule has 1 aromatic carbocycles. The average Bonchev–Trinajstić information content (AvgIpc) is 2.62. The van der Waals surface area contributed by atoms with E-state index in [1.807, 2.05) is 6.07 Å². The number of nitrogens with zero attached hydrogens (tertiary/aromatic N) is 4. The Morgan fingerprint density at radius 2 is 1.67 bits per heavy atom. The van der Waals surface area contributed by atoms with Crippen LogP contribution in [0.1, 0.15) is 17.3 Å². The molecule has 1 aromatic heterocycles. The number of sulfonamides is 1. The van der Waals surface area contributed by atoms with Crippen molar-refractivity contribution in [1.82, 2.24) is 14.5 Å². The Morgan fingerprint density at radius 3 is 2.21 bits per heavy atom. The van der Waals surface area contributed by atoms with E-state index < -0.39 is 10.0 Å². The van der Waals surface area contributed by atoms with Crippen molar-refractivity contribution in [2.75, 3.05) is 31.1 Å². The summed E-state index contributed by atoms with van der Waals surface area (Å²) in [6, 6.07) is 7.94. The van der Waals surface area contributed by atoms with Crippen molar-refractivity contribution >= 4 is 21.5 Å². The fraction of sp³-hybridized carbons (Fsp3) is 0.312. The first-order valence-electron chi connectivity index (χ1n) is 7.61. The van der Waals surface area contributed by atoms with Crippen molar-refractivity contribution in [2.24, 2.45) is 0 Å². The molecule has 0 radical (unpaired) electrons. The summed E-state index contributed by atoms with van der Waals surface area (Å²) in [5, 5.41) is 7.59. The number of hydrogen-bond donors (Lipinski definition) is 0. The monoisotopic (exact) mass is 346 g/mol. The number of rotatable bonds is 4. The molecule has 126 valence electrons. The van der Waals surface area contributed by atoms with Crippen LogP contribution in [-0.4, -0.2) is 54.9 Å². The minimum absolute atomic E-state index is 0.0847. The lowest BCUT2D eigenvalue weighted by molar-refractivity contribution is 0.101. The van der Waals surface area contributed by atoms with E-state index in [-0.39, 0.29) is 10.7 Å². The van der Waals surface area contributed by atoms with E-state index in [1.165, 1.54) is 23.4 Å². The second-order valence-electron chi connectivity index (χ2n) is 5.57. The molecular weight excluding hydrogens is 328 g/mol. The maximum Gasteiger partial charge on any atom is 0.243 e. The van der Waals surface area contributed by atoms with Crippen LogP contribution in [0.4, 0.5) is 5.69 Å².